The predicted molar refractivity (Wildman–Crippen MR) is 70.6 cm³/mol. The largest absolute Gasteiger partial charge is 0.0755 e. The zero-order chi connectivity index (χ0) is 11.1. The molecule has 1 atom stereocenters. The Morgan fingerprint density at radius 1 is 1.12 bits per heavy atom. The molecule has 1 aliphatic rings. The van der Waals surface area contributed by atoms with Crippen LogP contribution in [0.2, 0.25) is 0 Å². The molecule has 0 aliphatic heterocycles. The minimum atomic E-state index is 0.674. The highest BCUT2D eigenvalue weighted by Gasteiger charge is 2.05. The minimum Gasteiger partial charge on any atom is -0.0755 e. The molecule has 0 saturated heterocycles. The van der Waals surface area contributed by atoms with Gasteiger partial charge in [0.2, 0.25) is 0 Å². The number of aryl methyl sites for hydroxylation is 1. The maximum absolute atomic E-state index is 2.40. The highest BCUT2D eigenvalue weighted by molar-refractivity contribution is 5.87. The highest BCUT2D eigenvalue weighted by Crippen LogP contribution is 2.15. The monoisotopic (exact) mass is 208 g/mol. The SMILES string of the molecule is Cc1cc2c(c3ccccc13)=CCC(C)C=2. The van der Waals surface area contributed by atoms with E-state index in [1.54, 1.807) is 0 Å². The fourth-order valence-corrected chi connectivity index (χ4v) is 2.65. The second kappa shape index (κ2) is 3.48. The van der Waals surface area contributed by atoms with E-state index in [0.29, 0.717) is 5.92 Å². The lowest BCUT2D eigenvalue weighted by Gasteiger charge is -2.11. The molecule has 3 rings (SSSR count). The van der Waals surface area contributed by atoms with E-state index < -0.39 is 0 Å². The Morgan fingerprint density at radius 3 is 2.69 bits per heavy atom. The molecule has 0 fully saturated rings. The molecular formula is C16H16. The summed E-state index contributed by atoms with van der Waals surface area (Å²) in [5.74, 6) is 0.674. The summed E-state index contributed by atoms with van der Waals surface area (Å²) in [6, 6.07) is 11.0. The Kier molecular flexibility index (Phi) is 2.10. The van der Waals surface area contributed by atoms with E-state index in [9.17, 15) is 0 Å². The lowest BCUT2D eigenvalue weighted by molar-refractivity contribution is 0.801. The van der Waals surface area contributed by atoms with Gasteiger partial charge in [-0.25, -0.2) is 0 Å². The lowest BCUT2D eigenvalue weighted by Crippen LogP contribution is -2.29. The van der Waals surface area contributed by atoms with Gasteiger partial charge < -0.3 is 0 Å². The molecule has 0 nitrogen and oxygen atoms in total. The van der Waals surface area contributed by atoms with Crippen molar-refractivity contribution < 1.29 is 0 Å². The van der Waals surface area contributed by atoms with Gasteiger partial charge in [0.25, 0.3) is 0 Å². The summed E-state index contributed by atoms with van der Waals surface area (Å²) >= 11 is 0. The second-order valence-electron chi connectivity index (χ2n) is 4.83. The van der Waals surface area contributed by atoms with Crippen molar-refractivity contribution in [3.63, 3.8) is 0 Å². The Labute approximate surface area is 95.9 Å². The van der Waals surface area contributed by atoms with Crippen LogP contribution in [0, 0.1) is 12.8 Å². The Bertz CT molecular complexity index is 662. The van der Waals surface area contributed by atoms with Gasteiger partial charge in [-0.05, 0) is 46.0 Å². The molecule has 0 radical (unpaired) electrons. The summed E-state index contributed by atoms with van der Waals surface area (Å²) in [6.07, 6.45) is 5.95. The molecule has 0 bridgehead atoms. The van der Waals surface area contributed by atoms with Crippen LogP contribution in [-0.4, -0.2) is 0 Å². The number of fused-ring (bicyclic) bond motifs is 3. The number of hydrogen-bond donors (Lipinski definition) is 0. The van der Waals surface area contributed by atoms with Gasteiger partial charge in [-0.2, -0.15) is 0 Å². The number of hydrogen-bond acceptors (Lipinski definition) is 0. The molecule has 0 N–H and O–H groups in total. The standard InChI is InChI=1S/C16H16/c1-11-7-8-15-13(9-11)10-12(2)14-5-3-4-6-16(14)15/h3-6,8-11H,7H2,1-2H3. The molecule has 0 heteroatoms. The van der Waals surface area contributed by atoms with E-state index in [-0.39, 0.29) is 0 Å². The summed E-state index contributed by atoms with van der Waals surface area (Å²) in [5.41, 5.74) is 1.38. The second-order valence-corrected chi connectivity index (χ2v) is 4.83. The van der Waals surface area contributed by atoms with E-state index in [1.165, 1.54) is 33.2 Å². The molecule has 16 heavy (non-hydrogen) atoms. The van der Waals surface area contributed by atoms with Crippen LogP contribution in [-0.2, 0) is 0 Å². The van der Waals surface area contributed by atoms with Gasteiger partial charge in [0.15, 0.2) is 0 Å². The Morgan fingerprint density at radius 2 is 1.88 bits per heavy atom. The molecular weight excluding hydrogens is 192 g/mol. The normalized spacial score (nSPS) is 18.8. The van der Waals surface area contributed by atoms with Crippen molar-refractivity contribution in [3.8, 4) is 0 Å². The molecule has 0 heterocycles. The third-order valence-electron chi connectivity index (χ3n) is 3.48. The Hall–Kier alpha value is -1.56. The summed E-state index contributed by atoms with van der Waals surface area (Å²) < 4.78 is 0. The van der Waals surface area contributed by atoms with E-state index in [0.717, 1.165) is 0 Å². The van der Waals surface area contributed by atoms with Crippen molar-refractivity contribution in [1.29, 1.82) is 0 Å². The van der Waals surface area contributed by atoms with Crippen LogP contribution >= 0.6 is 0 Å². The third kappa shape index (κ3) is 1.37. The van der Waals surface area contributed by atoms with Crippen LogP contribution < -0.4 is 10.4 Å². The van der Waals surface area contributed by atoms with E-state index in [2.05, 4.69) is 56.3 Å². The molecule has 80 valence electrons. The average Bonchev–Trinajstić information content (AvgIpc) is 2.29. The fourth-order valence-electron chi connectivity index (χ4n) is 2.65. The molecule has 2 aromatic rings. The maximum Gasteiger partial charge on any atom is -0.0106 e. The fraction of sp³-hybridized carbons (Fsp3) is 0.250. The van der Waals surface area contributed by atoms with Crippen molar-refractivity contribution >= 4 is 22.9 Å². The molecule has 0 amide bonds. The van der Waals surface area contributed by atoms with Crippen LogP contribution in [0.3, 0.4) is 0 Å². The van der Waals surface area contributed by atoms with Gasteiger partial charge in [0.1, 0.15) is 0 Å². The first-order valence-electron chi connectivity index (χ1n) is 5.96. The van der Waals surface area contributed by atoms with Gasteiger partial charge >= 0.3 is 0 Å². The van der Waals surface area contributed by atoms with E-state index in [4.69, 9.17) is 0 Å². The molecule has 1 unspecified atom stereocenters. The van der Waals surface area contributed by atoms with E-state index in [1.807, 2.05) is 0 Å². The first-order valence-corrected chi connectivity index (χ1v) is 5.96. The van der Waals surface area contributed by atoms with Gasteiger partial charge in [-0.3, -0.25) is 0 Å². The van der Waals surface area contributed by atoms with Crippen LogP contribution in [0.15, 0.2) is 30.3 Å². The van der Waals surface area contributed by atoms with Crippen molar-refractivity contribution in [2.75, 3.05) is 0 Å². The molecule has 0 aromatic heterocycles. The molecule has 2 aromatic carbocycles. The summed E-state index contributed by atoms with van der Waals surface area (Å²) in [7, 11) is 0. The van der Waals surface area contributed by atoms with Crippen molar-refractivity contribution in [2.24, 2.45) is 5.92 Å². The first kappa shape index (κ1) is 9.65. The molecule has 1 aliphatic carbocycles. The zero-order valence-electron chi connectivity index (χ0n) is 9.83. The summed E-state index contributed by atoms with van der Waals surface area (Å²) in [5, 5.41) is 5.63. The molecule has 0 spiro atoms. The van der Waals surface area contributed by atoms with Gasteiger partial charge in [-0.1, -0.05) is 49.4 Å². The van der Waals surface area contributed by atoms with Crippen LogP contribution in [0.4, 0.5) is 0 Å². The van der Waals surface area contributed by atoms with Crippen molar-refractivity contribution in [2.45, 2.75) is 20.3 Å². The quantitative estimate of drug-likeness (QED) is 0.624. The van der Waals surface area contributed by atoms with E-state index >= 15 is 0 Å². The summed E-state index contributed by atoms with van der Waals surface area (Å²) in [4.78, 5) is 0. The zero-order valence-corrected chi connectivity index (χ0v) is 9.83. The summed E-state index contributed by atoms with van der Waals surface area (Å²) in [6.45, 7) is 4.49. The molecule has 0 saturated carbocycles. The lowest BCUT2D eigenvalue weighted by atomic mass is 9.94. The average molecular weight is 208 g/mol. The highest BCUT2D eigenvalue weighted by atomic mass is 14.1. The maximum atomic E-state index is 2.40. The smallest absolute Gasteiger partial charge is 0.0106 e. The topological polar surface area (TPSA) is 0 Å². The van der Waals surface area contributed by atoms with Crippen LogP contribution in [0.1, 0.15) is 18.9 Å². The van der Waals surface area contributed by atoms with Crippen LogP contribution in [0.25, 0.3) is 22.9 Å². The number of rotatable bonds is 0. The third-order valence-corrected chi connectivity index (χ3v) is 3.48. The van der Waals surface area contributed by atoms with Gasteiger partial charge in [0.05, 0.1) is 0 Å². The predicted octanol–water partition coefficient (Wildman–Crippen LogP) is 2.75. The van der Waals surface area contributed by atoms with Gasteiger partial charge in [0, 0.05) is 0 Å². The van der Waals surface area contributed by atoms with Gasteiger partial charge in [-0.15, -0.1) is 0 Å². The van der Waals surface area contributed by atoms with Crippen molar-refractivity contribution in [3.05, 3.63) is 46.3 Å². The Balaban J connectivity index is 2.55. The minimum absolute atomic E-state index is 0.674. The first-order chi connectivity index (χ1) is 7.75. The van der Waals surface area contributed by atoms with Crippen LogP contribution in [0.5, 0.6) is 0 Å². The number of benzene rings is 2. The van der Waals surface area contributed by atoms with Crippen molar-refractivity contribution in [1.82, 2.24) is 0 Å².